The quantitative estimate of drug-likeness (QED) is 0.429. The first-order chi connectivity index (χ1) is 12.7. The Kier molecular flexibility index (Phi) is 6.47. The highest BCUT2D eigenvalue weighted by atomic mass is 32.2. The number of nitrogens with zero attached hydrogens (tertiary/aromatic N) is 1. The molecule has 152 valence electrons. The van der Waals surface area contributed by atoms with Crippen molar-refractivity contribution in [3.8, 4) is 0 Å². The van der Waals surface area contributed by atoms with Crippen LogP contribution < -0.4 is 5.32 Å². The maximum absolute atomic E-state index is 12.4. The Morgan fingerprint density at radius 2 is 2.07 bits per heavy atom. The Hall–Kier alpha value is -0.740. The number of hydrogen-bond acceptors (Lipinski definition) is 7. The van der Waals surface area contributed by atoms with Gasteiger partial charge < -0.3 is 25.5 Å². The van der Waals surface area contributed by atoms with Crippen molar-refractivity contribution >= 4 is 35.4 Å². The molecular weight excluding hydrogens is 388 g/mol. The first kappa shape index (κ1) is 21.0. The minimum atomic E-state index is -1.07. The zero-order valence-corrected chi connectivity index (χ0v) is 17.4. The van der Waals surface area contributed by atoms with Crippen molar-refractivity contribution in [2.24, 2.45) is 11.8 Å². The fourth-order valence-corrected chi connectivity index (χ4v) is 6.77. The summed E-state index contributed by atoms with van der Waals surface area (Å²) < 4.78 is 0. The van der Waals surface area contributed by atoms with Crippen LogP contribution in [0.5, 0.6) is 0 Å². The van der Waals surface area contributed by atoms with Gasteiger partial charge in [-0.15, -0.1) is 11.8 Å². The number of nitrogens with one attached hydrogen (secondary N) is 1. The predicted octanol–water partition coefficient (Wildman–Crippen LogP) is 0.718. The van der Waals surface area contributed by atoms with Gasteiger partial charge in [-0.25, -0.2) is 4.79 Å². The molecule has 0 saturated carbocycles. The summed E-state index contributed by atoms with van der Waals surface area (Å²) in [6.45, 7) is 6.12. The molecule has 2 unspecified atom stereocenters. The zero-order valence-electron chi connectivity index (χ0n) is 15.8. The number of carboxylic acid groups (broad SMARTS) is 1. The summed E-state index contributed by atoms with van der Waals surface area (Å²) in [5, 5.41) is 32.7. The third kappa shape index (κ3) is 4.03. The number of carbonyl (C=O) groups is 2. The molecule has 0 aromatic carbocycles. The van der Waals surface area contributed by atoms with Gasteiger partial charge in [0, 0.05) is 40.2 Å². The molecular formula is C18H28N2O5S2. The van der Waals surface area contributed by atoms with Crippen LogP contribution in [-0.4, -0.2) is 79.7 Å². The maximum Gasteiger partial charge on any atom is 0.353 e. The number of β-lactam (4-membered cyclic amide) rings is 1. The van der Waals surface area contributed by atoms with E-state index in [1.807, 2.05) is 6.92 Å². The Morgan fingerprint density at radius 3 is 2.67 bits per heavy atom. The van der Waals surface area contributed by atoms with E-state index in [4.69, 9.17) is 0 Å². The van der Waals surface area contributed by atoms with Crippen LogP contribution >= 0.6 is 23.5 Å². The van der Waals surface area contributed by atoms with Crippen molar-refractivity contribution in [2.75, 3.05) is 18.1 Å². The summed E-state index contributed by atoms with van der Waals surface area (Å²) >= 11 is 3.28. The van der Waals surface area contributed by atoms with Crippen LogP contribution in [0.1, 0.15) is 27.2 Å². The number of aliphatic hydroxyl groups is 2. The summed E-state index contributed by atoms with van der Waals surface area (Å²) in [6.07, 6.45) is -0.156. The van der Waals surface area contributed by atoms with Crippen LogP contribution in [0.2, 0.25) is 0 Å². The summed E-state index contributed by atoms with van der Waals surface area (Å²) in [5.41, 5.74) is 0.103. The number of aliphatic carboxylic acids is 1. The molecule has 7 nitrogen and oxygen atoms in total. The summed E-state index contributed by atoms with van der Waals surface area (Å²) in [7, 11) is 0. The average Bonchev–Trinajstić information content (AvgIpc) is 3.09. The largest absolute Gasteiger partial charge is 0.477 e. The van der Waals surface area contributed by atoms with E-state index < -0.39 is 18.0 Å². The lowest BCUT2D eigenvalue weighted by Gasteiger charge is -2.46. The predicted molar refractivity (Wildman–Crippen MR) is 106 cm³/mol. The van der Waals surface area contributed by atoms with Gasteiger partial charge in [-0.3, -0.25) is 4.79 Å². The molecule has 7 atom stereocenters. The highest BCUT2D eigenvalue weighted by Gasteiger charge is 2.60. The molecule has 3 aliphatic heterocycles. The SMILES string of the molecule is CC(O)CSC[C@@H]1C[C@H](SC2=C(C(=O)O)N3C(=O)[C@H]([C@@H](C)O)C3[C@H]2C)CN1. The fraction of sp³-hybridized carbons (Fsp3) is 0.778. The molecule has 4 N–H and O–H groups in total. The minimum absolute atomic E-state index is 0.0814. The second-order valence-corrected chi connectivity index (χ2v) is 10.2. The van der Waals surface area contributed by atoms with Crippen molar-refractivity contribution in [2.45, 2.75) is 56.7 Å². The molecule has 2 fully saturated rings. The van der Waals surface area contributed by atoms with Gasteiger partial charge in [-0.05, 0) is 20.3 Å². The molecule has 1 amide bonds. The van der Waals surface area contributed by atoms with Crippen LogP contribution in [0.4, 0.5) is 0 Å². The first-order valence-electron chi connectivity index (χ1n) is 9.36. The average molecular weight is 417 g/mol. The molecule has 3 heterocycles. The standard InChI is InChI=1S/C18H28N2O5S2/c1-8(21)6-26-7-11-4-12(5-19-11)27-16-9(2)14-13(10(3)22)17(23)20(14)15(16)18(24)25/h8-14,19,21-22H,4-7H2,1-3H3,(H,24,25)/t8?,9-,10-,11+,12+,13-,14?/m1/s1. The van der Waals surface area contributed by atoms with Gasteiger partial charge >= 0.3 is 5.97 Å². The van der Waals surface area contributed by atoms with Gasteiger partial charge in [-0.2, -0.15) is 11.8 Å². The van der Waals surface area contributed by atoms with Gasteiger partial charge in [0.15, 0.2) is 0 Å². The lowest BCUT2D eigenvalue weighted by atomic mass is 9.79. The van der Waals surface area contributed by atoms with E-state index in [0.29, 0.717) is 11.8 Å². The van der Waals surface area contributed by atoms with Crippen molar-refractivity contribution in [3.63, 3.8) is 0 Å². The van der Waals surface area contributed by atoms with Gasteiger partial charge in [0.2, 0.25) is 5.91 Å². The normalized spacial score (nSPS) is 35.2. The third-order valence-electron chi connectivity index (χ3n) is 5.46. The molecule has 3 rings (SSSR count). The molecule has 0 aliphatic carbocycles. The van der Waals surface area contributed by atoms with Crippen LogP contribution in [0, 0.1) is 11.8 Å². The number of aliphatic hydroxyl groups excluding tert-OH is 2. The Labute approximate surface area is 167 Å². The number of thioether (sulfide) groups is 2. The topological polar surface area (TPSA) is 110 Å². The third-order valence-corrected chi connectivity index (χ3v) is 8.33. The van der Waals surface area contributed by atoms with Crippen molar-refractivity contribution in [1.29, 1.82) is 0 Å². The number of carbonyl (C=O) groups excluding carboxylic acids is 1. The fourth-order valence-electron chi connectivity index (χ4n) is 4.24. The Balaban J connectivity index is 1.66. The van der Waals surface area contributed by atoms with Crippen LogP contribution in [0.25, 0.3) is 0 Å². The summed E-state index contributed by atoms with van der Waals surface area (Å²) in [6, 6.07) is 0.0959. The second kappa shape index (κ2) is 8.32. The lowest BCUT2D eigenvalue weighted by Crippen LogP contribution is -2.63. The number of hydrogen-bond donors (Lipinski definition) is 4. The van der Waals surface area contributed by atoms with Gasteiger partial charge in [0.25, 0.3) is 0 Å². The lowest BCUT2D eigenvalue weighted by molar-refractivity contribution is -0.163. The van der Waals surface area contributed by atoms with E-state index in [1.165, 1.54) is 4.90 Å². The molecule has 0 bridgehead atoms. The molecule has 0 aromatic heterocycles. The second-order valence-electron chi connectivity index (χ2n) is 7.74. The van der Waals surface area contributed by atoms with E-state index in [-0.39, 0.29) is 34.9 Å². The van der Waals surface area contributed by atoms with E-state index in [9.17, 15) is 24.9 Å². The van der Waals surface area contributed by atoms with Crippen molar-refractivity contribution in [3.05, 3.63) is 10.6 Å². The Bertz CT molecular complexity index is 639. The minimum Gasteiger partial charge on any atom is -0.477 e. The monoisotopic (exact) mass is 416 g/mol. The van der Waals surface area contributed by atoms with Gasteiger partial charge in [0.1, 0.15) is 5.70 Å². The zero-order chi connectivity index (χ0) is 19.9. The van der Waals surface area contributed by atoms with E-state index >= 15 is 0 Å². The van der Waals surface area contributed by atoms with Crippen LogP contribution in [0.3, 0.4) is 0 Å². The first-order valence-corrected chi connectivity index (χ1v) is 11.4. The van der Waals surface area contributed by atoms with E-state index in [2.05, 4.69) is 5.32 Å². The summed E-state index contributed by atoms with van der Waals surface area (Å²) in [4.78, 5) is 26.4. The van der Waals surface area contributed by atoms with Gasteiger partial charge in [0.05, 0.1) is 24.2 Å². The highest BCUT2D eigenvalue weighted by molar-refractivity contribution is 8.03. The highest BCUT2D eigenvalue weighted by Crippen LogP contribution is 2.51. The summed E-state index contributed by atoms with van der Waals surface area (Å²) in [5.74, 6) is -0.326. The molecule has 2 saturated heterocycles. The number of carboxylic acids is 1. The van der Waals surface area contributed by atoms with Crippen molar-refractivity contribution in [1.82, 2.24) is 10.2 Å². The van der Waals surface area contributed by atoms with E-state index in [1.54, 1.807) is 37.4 Å². The molecule has 9 heteroatoms. The van der Waals surface area contributed by atoms with Gasteiger partial charge in [-0.1, -0.05) is 6.92 Å². The van der Waals surface area contributed by atoms with Crippen LogP contribution in [-0.2, 0) is 9.59 Å². The van der Waals surface area contributed by atoms with Crippen molar-refractivity contribution < 1.29 is 24.9 Å². The molecule has 0 aromatic rings. The molecule has 0 radical (unpaired) electrons. The number of fused-ring (bicyclic) bond motifs is 1. The molecule has 0 spiro atoms. The number of rotatable bonds is 8. The Morgan fingerprint density at radius 1 is 1.37 bits per heavy atom. The molecule has 3 aliphatic rings. The van der Waals surface area contributed by atoms with E-state index in [0.717, 1.165) is 23.6 Å². The maximum atomic E-state index is 12.4. The van der Waals surface area contributed by atoms with Crippen LogP contribution in [0.15, 0.2) is 10.6 Å². The smallest absolute Gasteiger partial charge is 0.353 e. The molecule has 27 heavy (non-hydrogen) atoms. The number of amides is 1.